The molecule has 0 saturated carbocycles. The number of sulfonamides is 1. The number of rotatable bonds is 6. The van der Waals surface area contributed by atoms with Gasteiger partial charge >= 0.3 is 0 Å². The second kappa shape index (κ2) is 9.07. The summed E-state index contributed by atoms with van der Waals surface area (Å²) in [5.41, 5.74) is 1.84. The highest BCUT2D eigenvalue weighted by molar-refractivity contribution is 7.99. The zero-order chi connectivity index (χ0) is 20.1. The van der Waals surface area contributed by atoms with Crippen LogP contribution >= 0.6 is 11.8 Å². The molecule has 2 aromatic carbocycles. The molecule has 0 spiro atoms. The molecule has 8 heteroatoms. The fourth-order valence-electron chi connectivity index (χ4n) is 3.01. The molecule has 5 nitrogen and oxygen atoms in total. The second-order valence-corrected chi connectivity index (χ2v) is 9.64. The third-order valence-electron chi connectivity index (χ3n) is 4.63. The van der Waals surface area contributed by atoms with E-state index in [-0.39, 0.29) is 29.7 Å². The molecule has 1 saturated heterocycles. The van der Waals surface area contributed by atoms with Gasteiger partial charge in [0.25, 0.3) is 0 Å². The van der Waals surface area contributed by atoms with Crippen LogP contribution < -0.4 is 0 Å². The molecule has 0 atom stereocenters. The molecular weight excluding hydrogens is 399 g/mol. The van der Waals surface area contributed by atoms with Gasteiger partial charge in [0, 0.05) is 31.9 Å². The Morgan fingerprint density at radius 3 is 2.39 bits per heavy atom. The maximum atomic E-state index is 13.2. The van der Waals surface area contributed by atoms with Gasteiger partial charge in [-0.1, -0.05) is 29.8 Å². The third kappa shape index (κ3) is 5.12. The molecule has 0 N–H and O–H groups in total. The lowest BCUT2D eigenvalue weighted by atomic mass is 10.2. The fraction of sp³-hybridized carbons (Fsp3) is 0.350. The zero-order valence-corrected chi connectivity index (χ0v) is 17.3. The van der Waals surface area contributed by atoms with Crippen LogP contribution in [0.3, 0.4) is 0 Å². The van der Waals surface area contributed by atoms with Crippen molar-refractivity contribution in [3.63, 3.8) is 0 Å². The average molecular weight is 423 g/mol. The number of aryl methyl sites for hydroxylation is 1. The minimum atomic E-state index is -3.53. The van der Waals surface area contributed by atoms with Crippen molar-refractivity contribution in [2.45, 2.75) is 17.6 Å². The molecule has 1 aliphatic heterocycles. The van der Waals surface area contributed by atoms with Crippen molar-refractivity contribution >= 4 is 27.7 Å². The van der Waals surface area contributed by atoms with Gasteiger partial charge in [-0.3, -0.25) is 4.79 Å². The number of carbonyl (C=O) groups excluding carboxylic acids is 1. The van der Waals surface area contributed by atoms with Crippen LogP contribution in [0, 0.1) is 12.7 Å². The zero-order valence-electron chi connectivity index (χ0n) is 15.7. The van der Waals surface area contributed by atoms with Crippen LogP contribution in [0.2, 0.25) is 0 Å². The van der Waals surface area contributed by atoms with E-state index in [1.165, 1.54) is 28.2 Å². The van der Waals surface area contributed by atoms with Crippen molar-refractivity contribution in [3.05, 3.63) is 65.5 Å². The summed E-state index contributed by atoms with van der Waals surface area (Å²) in [5, 5.41) is 0. The van der Waals surface area contributed by atoms with Crippen LogP contribution in [0.15, 0.2) is 53.4 Å². The van der Waals surface area contributed by atoms with Gasteiger partial charge in [0.2, 0.25) is 15.9 Å². The summed E-state index contributed by atoms with van der Waals surface area (Å²) in [6.07, 6.45) is 0. The Labute approximate surface area is 169 Å². The third-order valence-corrected chi connectivity index (χ3v) is 7.53. The van der Waals surface area contributed by atoms with Crippen LogP contribution in [0.25, 0.3) is 0 Å². The Kier molecular flexibility index (Phi) is 6.74. The van der Waals surface area contributed by atoms with Gasteiger partial charge in [0.1, 0.15) is 5.82 Å². The summed E-state index contributed by atoms with van der Waals surface area (Å²) in [5.74, 6) is 0.552. The minimum absolute atomic E-state index is 0.0196. The SMILES string of the molecule is Cc1ccc(S(=O)(=O)N2CCN(C(=O)CSCc3cccc(F)c3)CC2)cc1. The number of piperazine rings is 1. The van der Waals surface area contributed by atoms with E-state index in [1.807, 2.05) is 13.0 Å². The van der Waals surface area contributed by atoms with E-state index in [0.29, 0.717) is 24.6 Å². The summed E-state index contributed by atoms with van der Waals surface area (Å²) < 4.78 is 40.1. The Hall–Kier alpha value is -1.90. The Bertz CT molecular complexity index is 925. The number of hydrogen-bond acceptors (Lipinski definition) is 4. The van der Waals surface area contributed by atoms with E-state index in [2.05, 4.69) is 0 Å². The normalized spacial score (nSPS) is 15.6. The monoisotopic (exact) mass is 422 g/mol. The molecule has 1 heterocycles. The predicted octanol–water partition coefficient (Wildman–Crippen LogP) is 2.90. The average Bonchev–Trinajstić information content (AvgIpc) is 2.68. The van der Waals surface area contributed by atoms with E-state index >= 15 is 0 Å². The predicted molar refractivity (Wildman–Crippen MR) is 109 cm³/mol. The molecule has 150 valence electrons. The lowest BCUT2D eigenvalue weighted by molar-refractivity contribution is -0.129. The molecule has 3 rings (SSSR count). The van der Waals surface area contributed by atoms with Gasteiger partial charge in [-0.2, -0.15) is 4.31 Å². The van der Waals surface area contributed by atoms with Crippen molar-refractivity contribution in [1.29, 1.82) is 0 Å². The number of hydrogen-bond donors (Lipinski definition) is 0. The fourth-order valence-corrected chi connectivity index (χ4v) is 5.31. The van der Waals surface area contributed by atoms with Crippen molar-refractivity contribution in [1.82, 2.24) is 9.21 Å². The first-order chi connectivity index (χ1) is 13.4. The first kappa shape index (κ1) is 20.8. The highest BCUT2D eigenvalue weighted by atomic mass is 32.2. The minimum Gasteiger partial charge on any atom is -0.339 e. The topological polar surface area (TPSA) is 57.7 Å². The molecule has 1 aliphatic rings. The van der Waals surface area contributed by atoms with Crippen molar-refractivity contribution in [3.8, 4) is 0 Å². The number of benzene rings is 2. The van der Waals surface area contributed by atoms with Crippen molar-refractivity contribution < 1.29 is 17.6 Å². The van der Waals surface area contributed by atoms with Gasteiger partial charge in [0.05, 0.1) is 10.6 Å². The van der Waals surface area contributed by atoms with E-state index < -0.39 is 10.0 Å². The molecule has 2 aromatic rings. The number of carbonyl (C=O) groups is 1. The van der Waals surface area contributed by atoms with Crippen LogP contribution in [0.1, 0.15) is 11.1 Å². The van der Waals surface area contributed by atoms with Gasteiger partial charge in [-0.15, -0.1) is 11.8 Å². The summed E-state index contributed by atoms with van der Waals surface area (Å²) in [7, 11) is -3.53. The van der Waals surface area contributed by atoms with Crippen molar-refractivity contribution in [2.24, 2.45) is 0 Å². The molecule has 0 aromatic heterocycles. The second-order valence-electron chi connectivity index (χ2n) is 6.72. The summed E-state index contributed by atoms with van der Waals surface area (Å²) in [6.45, 7) is 3.25. The number of nitrogens with zero attached hydrogens (tertiary/aromatic N) is 2. The molecule has 0 radical (unpaired) electrons. The molecule has 1 amide bonds. The molecule has 28 heavy (non-hydrogen) atoms. The van der Waals surface area contributed by atoms with Crippen LogP contribution in [0.5, 0.6) is 0 Å². The summed E-state index contributed by atoms with van der Waals surface area (Å²) in [6, 6.07) is 13.1. The van der Waals surface area contributed by atoms with Crippen LogP contribution in [0.4, 0.5) is 4.39 Å². The quantitative estimate of drug-likeness (QED) is 0.718. The highest BCUT2D eigenvalue weighted by Crippen LogP contribution is 2.19. The van der Waals surface area contributed by atoms with E-state index in [0.717, 1.165) is 11.1 Å². The van der Waals surface area contributed by atoms with E-state index in [4.69, 9.17) is 0 Å². The Balaban J connectivity index is 1.49. The smallest absolute Gasteiger partial charge is 0.243 e. The largest absolute Gasteiger partial charge is 0.339 e. The number of amides is 1. The van der Waals surface area contributed by atoms with Crippen LogP contribution in [-0.4, -0.2) is 55.5 Å². The molecule has 0 aliphatic carbocycles. The highest BCUT2D eigenvalue weighted by Gasteiger charge is 2.29. The first-order valence-electron chi connectivity index (χ1n) is 9.03. The molecule has 1 fully saturated rings. The molecule has 0 unspecified atom stereocenters. The van der Waals surface area contributed by atoms with Gasteiger partial charge in [0.15, 0.2) is 0 Å². The Morgan fingerprint density at radius 1 is 1.07 bits per heavy atom. The number of halogens is 1. The van der Waals surface area contributed by atoms with Gasteiger partial charge in [-0.05, 0) is 36.8 Å². The van der Waals surface area contributed by atoms with Gasteiger partial charge < -0.3 is 4.90 Å². The molecule has 0 bridgehead atoms. The summed E-state index contributed by atoms with van der Waals surface area (Å²) in [4.78, 5) is 14.4. The van der Waals surface area contributed by atoms with E-state index in [1.54, 1.807) is 35.2 Å². The van der Waals surface area contributed by atoms with Gasteiger partial charge in [-0.25, -0.2) is 12.8 Å². The maximum Gasteiger partial charge on any atom is 0.243 e. The van der Waals surface area contributed by atoms with Crippen LogP contribution in [-0.2, 0) is 20.6 Å². The van der Waals surface area contributed by atoms with Crippen molar-refractivity contribution in [2.75, 3.05) is 31.9 Å². The maximum absolute atomic E-state index is 13.2. The lowest BCUT2D eigenvalue weighted by Crippen LogP contribution is -2.50. The molecular formula is C20H23FN2O3S2. The standard InChI is InChI=1S/C20H23FN2O3S2/c1-16-5-7-19(8-6-16)28(25,26)23-11-9-22(10-12-23)20(24)15-27-14-17-3-2-4-18(21)13-17/h2-8,13H,9-12,14-15H2,1H3. The Morgan fingerprint density at radius 2 is 1.75 bits per heavy atom. The van der Waals surface area contributed by atoms with E-state index in [9.17, 15) is 17.6 Å². The first-order valence-corrected chi connectivity index (χ1v) is 11.6. The summed E-state index contributed by atoms with van der Waals surface area (Å²) >= 11 is 1.43. The lowest BCUT2D eigenvalue weighted by Gasteiger charge is -2.34. The number of thioether (sulfide) groups is 1.